The third-order valence-corrected chi connectivity index (χ3v) is 3.35. The minimum Gasteiger partial charge on any atom is -0.421 e. The van der Waals surface area contributed by atoms with Crippen molar-refractivity contribution in [1.29, 1.82) is 0 Å². The van der Waals surface area contributed by atoms with Gasteiger partial charge in [0.15, 0.2) is 0 Å². The number of nitrogens with zero attached hydrogens (tertiary/aromatic N) is 2. The Labute approximate surface area is 124 Å². The lowest BCUT2D eigenvalue weighted by molar-refractivity contribution is 0.443. The number of allylic oxidation sites excluding steroid dienone is 1. The number of fused-ring (bicyclic) bond motifs is 1. The second kappa shape index (κ2) is 4.88. The summed E-state index contributed by atoms with van der Waals surface area (Å²) in [6, 6.07) is 9.56. The molecule has 4 heteroatoms. The first-order chi connectivity index (χ1) is 9.93. The van der Waals surface area contributed by atoms with Crippen LogP contribution >= 0.6 is 0 Å². The predicted molar refractivity (Wildman–Crippen MR) is 84.6 cm³/mol. The number of aryl methyl sites for hydroxylation is 1. The van der Waals surface area contributed by atoms with Crippen LogP contribution in [0.4, 0.5) is 5.69 Å². The zero-order valence-corrected chi connectivity index (χ0v) is 12.8. The molecule has 0 aromatic carbocycles. The van der Waals surface area contributed by atoms with Gasteiger partial charge in [0.25, 0.3) is 0 Å². The van der Waals surface area contributed by atoms with Crippen molar-refractivity contribution in [2.75, 3.05) is 5.32 Å². The molecule has 0 radical (unpaired) electrons. The van der Waals surface area contributed by atoms with Crippen LogP contribution in [0.1, 0.15) is 32.2 Å². The molecule has 1 N–H and O–H groups in total. The number of rotatable bonds is 2. The number of hydrogen-bond donors (Lipinski definition) is 1. The van der Waals surface area contributed by atoms with E-state index in [-0.39, 0.29) is 5.54 Å². The van der Waals surface area contributed by atoms with Crippen LogP contribution in [0, 0.1) is 6.92 Å². The summed E-state index contributed by atoms with van der Waals surface area (Å²) in [5.74, 6) is 1.12. The van der Waals surface area contributed by atoms with Gasteiger partial charge in [0.05, 0.1) is 16.9 Å². The SMILES string of the molecule is CC1=CC(C)(C)Nc2ccc(Oc3cccc(C)n3)nc21. The van der Waals surface area contributed by atoms with Crippen LogP contribution in [0.25, 0.3) is 5.57 Å². The monoisotopic (exact) mass is 281 g/mol. The van der Waals surface area contributed by atoms with E-state index in [1.165, 1.54) is 0 Å². The lowest BCUT2D eigenvalue weighted by Gasteiger charge is -2.30. The van der Waals surface area contributed by atoms with E-state index >= 15 is 0 Å². The summed E-state index contributed by atoms with van der Waals surface area (Å²) < 4.78 is 5.75. The Morgan fingerprint density at radius 1 is 1.00 bits per heavy atom. The Balaban J connectivity index is 1.92. The number of ether oxygens (including phenoxy) is 1. The highest BCUT2D eigenvalue weighted by molar-refractivity contribution is 5.77. The molecule has 1 aliphatic rings. The van der Waals surface area contributed by atoms with Gasteiger partial charge in [-0.2, -0.15) is 0 Å². The lowest BCUT2D eigenvalue weighted by Crippen LogP contribution is -2.31. The highest BCUT2D eigenvalue weighted by Crippen LogP contribution is 2.34. The molecular formula is C17H19N3O. The normalized spacial score (nSPS) is 15.7. The zero-order chi connectivity index (χ0) is 15.0. The number of nitrogens with one attached hydrogen (secondary N) is 1. The molecule has 3 heterocycles. The molecule has 108 valence electrons. The first-order valence-corrected chi connectivity index (χ1v) is 7.03. The summed E-state index contributed by atoms with van der Waals surface area (Å²) in [6.45, 7) is 8.29. The van der Waals surface area contributed by atoms with Crippen LogP contribution in [0.15, 0.2) is 36.4 Å². The molecule has 0 spiro atoms. The van der Waals surface area contributed by atoms with Gasteiger partial charge in [-0.3, -0.25) is 0 Å². The predicted octanol–water partition coefficient (Wildman–Crippen LogP) is 4.18. The summed E-state index contributed by atoms with van der Waals surface area (Å²) in [6.07, 6.45) is 2.18. The van der Waals surface area contributed by atoms with Crippen LogP contribution in [-0.2, 0) is 0 Å². The number of anilines is 1. The highest BCUT2D eigenvalue weighted by atomic mass is 16.5. The van der Waals surface area contributed by atoms with Crippen molar-refractivity contribution in [3.8, 4) is 11.8 Å². The van der Waals surface area contributed by atoms with Crippen LogP contribution < -0.4 is 10.1 Å². The van der Waals surface area contributed by atoms with Gasteiger partial charge in [0.1, 0.15) is 0 Å². The second-order valence-corrected chi connectivity index (χ2v) is 5.94. The molecule has 0 bridgehead atoms. The number of aromatic nitrogens is 2. The van der Waals surface area contributed by atoms with Gasteiger partial charge in [-0.25, -0.2) is 9.97 Å². The standard InChI is InChI=1S/C17H19N3O/c1-11-10-17(3,4)20-13-8-9-15(19-16(11)13)21-14-7-5-6-12(2)18-14/h5-10,20H,1-4H3. The van der Waals surface area contributed by atoms with Gasteiger partial charge >= 0.3 is 0 Å². The third kappa shape index (κ3) is 2.89. The largest absolute Gasteiger partial charge is 0.421 e. The molecule has 0 fully saturated rings. The molecule has 0 unspecified atom stereocenters. The van der Waals surface area contributed by atoms with Crippen LogP contribution in [-0.4, -0.2) is 15.5 Å². The summed E-state index contributed by atoms with van der Waals surface area (Å²) in [5, 5.41) is 3.46. The summed E-state index contributed by atoms with van der Waals surface area (Å²) in [5.41, 5.74) is 3.98. The quantitative estimate of drug-likeness (QED) is 0.896. The van der Waals surface area contributed by atoms with E-state index in [0.29, 0.717) is 11.8 Å². The minimum atomic E-state index is -0.0563. The smallest absolute Gasteiger partial charge is 0.221 e. The minimum absolute atomic E-state index is 0.0563. The van der Waals surface area contributed by atoms with Crippen molar-refractivity contribution in [1.82, 2.24) is 9.97 Å². The van der Waals surface area contributed by atoms with Crippen molar-refractivity contribution < 1.29 is 4.74 Å². The van der Waals surface area contributed by atoms with Crippen molar-refractivity contribution in [3.63, 3.8) is 0 Å². The third-order valence-electron chi connectivity index (χ3n) is 3.35. The molecule has 0 saturated heterocycles. The van der Waals surface area contributed by atoms with Crippen LogP contribution in [0.5, 0.6) is 11.8 Å². The van der Waals surface area contributed by atoms with Crippen LogP contribution in [0.2, 0.25) is 0 Å². The molecule has 3 rings (SSSR count). The molecular weight excluding hydrogens is 262 g/mol. The molecule has 4 nitrogen and oxygen atoms in total. The van der Waals surface area contributed by atoms with E-state index in [0.717, 1.165) is 22.6 Å². The van der Waals surface area contributed by atoms with E-state index in [4.69, 9.17) is 4.74 Å². The Bertz CT molecular complexity index is 720. The highest BCUT2D eigenvalue weighted by Gasteiger charge is 2.23. The van der Waals surface area contributed by atoms with Gasteiger partial charge in [0, 0.05) is 17.8 Å². The van der Waals surface area contributed by atoms with Crippen molar-refractivity contribution in [3.05, 3.63) is 47.8 Å². The molecule has 0 saturated carbocycles. The summed E-state index contributed by atoms with van der Waals surface area (Å²) in [4.78, 5) is 8.92. The second-order valence-electron chi connectivity index (χ2n) is 5.94. The maximum absolute atomic E-state index is 5.75. The lowest BCUT2D eigenvalue weighted by atomic mass is 9.94. The van der Waals surface area contributed by atoms with Crippen molar-refractivity contribution >= 4 is 11.3 Å². The number of pyridine rings is 2. The zero-order valence-electron chi connectivity index (χ0n) is 12.8. The van der Waals surface area contributed by atoms with E-state index in [1.807, 2.05) is 37.3 Å². The Hall–Kier alpha value is -2.36. The number of hydrogen-bond acceptors (Lipinski definition) is 4. The molecule has 2 aromatic heterocycles. The molecule has 0 aliphatic carbocycles. The fraction of sp³-hybridized carbons (Fsp3) is 0.294. The first kappa shape index (κ1) is 13.6. The van der Waals surface area contributed by atoms with Crippen molar-refractivity contribution in [2.45, 2.75) is 33.2 Å². The van der Waals surface area contributed by atoms with Crippen LogP contribution in [0.3, 0.4) is 0 Å². The topological polar surface area (TPSA) is 47.0 Å². The summed E-state index contributed by atoms with van der Waals surface area (Å²) in [7, 11) is 0. The van der Waals surface area contributed by atoms with Gasteiger partial charge < -0.3 is 10.1 Å². The first-order valence-electron chi connectivity index (χ1n) is 7.03. The average molecular weight is 281 g/mol. The fourth-order valence-corrected chi connectivity index (χ4v) is 2.57. The molecule has 0 amide bonds. The Morgan fingerprint density at radius 2 is 1.76 bits per heavy atom. The van der Waals surface area contributed by atoms with Gasteiger partial charge in [-0.05, 0) is 45.4 Å². The van der Waals surface area contributed by atoms with Crippen molar-refractivity contribution in [2.24, 2.45) is 0 Å². The van der Waals surface area contributed by atoms with E-state index in [1.54, 1.807) is 0 Å². The fourth-order valence-electron chi connectivity index (χ4n) is 2.57. The van der Waals surface area contributed by atoms with Gasteiger partial charge in [-0.15, -0.1) is 0 Å². The molecule has 21 heavy (non-hydrogen) atoms. The Morgan fingerprint density at radius 3 is 2.52 bits per heavy atom. The maximum atomic E-state index is 5.75. The molecule has 0 atom stereocenters. The Kier molecular flexibility index (Phi) is 3.16. The molecule has 2 aromatic rings. The van der Waals surface area contributed by atoms with E-state index < -0.39 is 0 Å². The van der Waals surface area contributed by atoms with E-state index in [2.05, 4.69) is 42.1 Å². The maximum Gasteiger partial charge on any atom is 0.221 e. The van der Waals surface area contributed by atoms with E-state index in [9.17, 15) is 0 Å². The molecule has 1 aliphatic heterocycles. The van der Waals surface area contributed by atoms with Gasteiger partial charge in [-0.1, -0.05) is 12.1 Å². The van der Waals surface area contributed by atoms with Gasteiger partial charge in [0.2, 0.25) is 11.8 Å². The average Bonchev–Trinajstić information content (AvgIpc) is 2.38. The summed E-state index contributed by atoms with van der Waals surface area (Å²) >= 11 is 0.